The van der Waals surface area contributed by atoms with Gasteiger partial charge in [0.05, 0.1) is 39.9 Å². The summed E-state index contributed by atoms with van der Waals surface area (Å²) >= 11 is 0. The average molecular weight is 1260 g/mol. The van der Waals surface area contributed by atoms with Crippen molar-refractivity contribution in [2.75, 3.05) is 40.9 Å². The normalized spacial score (nSPS) is 13.8. The van der Waals surface area contributed by atoms with Crippen LogP contribution < -0.4 is 10.2 Å². The maximum Gasteiger partial charge on any atom is 0.268 e. The number of aliphatic hydroxyl groups excluding tert-OH is 1. The van der Waals surface area contributed by atoms with Crippen LogP contribution in [0.5, 0.6) is 0 Å². The first kappa shape index (κ1) is 86.5. The molecule has 0 aromatic rings. The van der Waals surface area contributed by atoms with Gasteiger partial charge in [0.1, 0.15) is 13.2 Å². The lowest BCUT2D eigenvalue weighted by Gasteiger charge is -2.29. The molecule has 0 bridgehead atoms. The molecule has 2 N–H and O–H groups in total. The molecule has 88 heavy (non-hydrogen) atoms. The molecule has 0 fully saturated rings. The van der Waals surface area contributed by atoms with E-state index >= 15 is 0 Å². The summed E-state index contributed by atoms with van der Waals surface area (Å²) in [5.41, 5.74) is 0. The smallest absolute Gasteiger partial charge is 0.268 e. The van der Waals surface area contributed by atoms with Gasteiger partial charge in [-0.3, -0.25) is 9.36 Å². The molecule has 0 saturated carbocycles. The van der Waals surface area contributed by atoms with Crippen LogP contribution in [0, 0.1) is 0 Å². The van der Waals surface area contributed by atoms with Crippen molar-refractivity contribution < 1.29 is 32.9 Å². The topological polar surface area (TPSA) is 108 Å². The number of carbonyl (C=O) groups is 1. The molecule has 0 aliphatic carbocycles. The fraction of sp³-hybridized carbons (Fsp3) is 0.886. The van der Waals surface area contributed by atoms with Crippen molar-refractivity contribution in [2.45, 2.75) is 411 Å². The number of phosphoric acid groups is 1. The number of likely N-dealkylation sites (N-methyl/N-ethyl adjacent to an activating group) is 1. The summed E-state index contributed by atoms with van der Waals surface area (Å²) in [6, 6.07) is -0.905. The number of aliphatic hydroxyl groups is 1. The van der Waals surface area contributed by atoms with E-state index in [1.165, 1.54) is 334 Å². The van der Waals surface area contributed by atoms with Gasteiger partial charge in [0.15, 0.2) is 0 Å². The summed E-state index contributed by atoms with van der Waals surface area (Å²) in [4.78, 5) is 25.7. The number of phosphoric ester groups is 1. The molecule has 0 aliphatic rings. The largest absolute Gasteiger partial charge is 0.756 e. The quantitative estimate of drug-likeness (QED) is 0.0272. The average Bonchev–Trinajstić information content (AvgIpc) is 3.64. The van der Waals surface area contributed by atoms with E-state index in [1.54, 1.807) is 6.08 Å². The molecule has 0 saturated heterocycles. The molecule has 8 nitrogen and oxygen atoms in total. The van der Waals surface area contributed by atoms with E-state index in [0.29, 0.717) is 17.4 Å². The zero-order chi connectivity index (χ0) is 64.1. The summed E-state index contributed by atoms with van der Waals surface area (Å²) in [6.45, 7) is 4.68. The molecule has 3 atom stereocenters. The zero-order valence-corrected chi connectivity index (χ0v) is 60.6. The van der Waals surface area contributed by atoms with Gasteiger partial charge >= 0.3 is 0 Å². The second kappa shape index (κ2) is 69.8. The van der Waals surface area contributed by atoms with Crippen LogP contribution in [-0.4, -0.2) is 68.5 Å². The summed E-state index contributed by atoms with van der Waals surface area (Å²) in [5.74, 6) is -0.199. The Bertz CT molecular complexity index is 1580. The molecule has 0 aromatic heterocycles. The summed E-state index contributed by atoms with van der Waals surface area (Å²) < 4.78 is 23.5. The Kier molecular flexibility index (Phi) is 68.6. The van der Waals surface area contributed by atoms with Gasteiger partial charge < -0.3 is 28.8 Å². The number of amides is 1. The van der Waals surface area contributed by atoms with E-state index in [4.69, 9.17) is 9.05 Å². The van der Waals surface area contributed by atoms with E-state index in [-0.39, 0.29) is 19.1 Å². The lowest BCUT2D eigenvalue weighted by Crippen LogP contribution is -2.45. The van der Waals surface area contributed by atoms with E-state index in [2.05, 4.69) is 55.6 Å². The van der Waals surface area contributed by atoms with Crippen molar-refractivity contribution in [3.05, 3.63) is 48.6 Å². The van der Waals surface area contributed by atoms with Crippen molar-refractivity contribution in [3.63, 3.8) is 0 Å². The van der Waals surface area contributed by atoms with Crippen molar-refractivity contribution in [1.82, 2.24) is 5.32 Å². The van der Waals surface area contributed by atoms with Gasteiger partial charge in [-0.05, 0) is 64.2 Å². The number of unbranched alkanes of at least 4 members (excludes halogenated alkanes) is 54. The Morgan fingerprint density at radius 3 is 0.989 bits per heavy atom. The van der Waals surface area contributed by atoms with E-state index in [9.17, 15) is 19.4 Å². The number of hydrogen-bond acceptors (Lipinski definition) is 6. The fourth-order valence-corrected chi connectivity index (χ4v) is 12.7. The van der Waals surface area contributed by atoms with Gasteiger partial charge in [0.25, 0.3) is 7.82 Å². The number of hydrogen-bond donors (Lipinski definition) is 2. The summed E-state index contributed by atoms with van der Waals surface area (Å²) in [7, 11) is 1.26. The fourth-order valence-electron chi connectivity index (χ4n) is 12.0. The van der Waals surface area contributed by atoms with Gasteiger partial charge in [-0.15, -0.1) is 0 Å². The Balaban J connectivity index is 4.00. The standard InChI is InChI=1S/C79H153N2O6P/c1-6-8-10-12-14-16-18-20-22-24-26-28-30-32-34-36-38-39-40-41-43-45-47-49-51-53-55-57-59-61-63-65-67-69-71-73-79(83)80-77(76-87-88(84,85)86-75-74-81(3,4)5)78(82)72-70-68-66-64-62-60-58-56-54-52-50-48-46-44-42-37-35-33-31-29-27-25-23-21-19-17-15-13-11-9-7-2/h18,20,24,26,62,64,70,72,77-78,82H,6-17,19,21-23,25,27-61,63,65-69,71,73-76H2,1-5H3,(H-,80,83,84,85)/b20-18-,26-24-,64-62+,72-70+. The van der Waals surface area contributed by atoms with Gasteiger partial charge in [-0.2, -0.15) is 0 Å². The molecule has 0 heterocycles. The van der Waals surface area contributed by atoms with Crippen molar-refractivity contribution in [3.8, 4) is 0 Å². The maximum atomic E-state index is 13.1. The molecule has 0 aromatic carbocycles. The highest BCUT2D eigenvalue weighted by Gasteiger charge is 2.23. The van der Waals surface area contributed by atoms with Crippen molar-refractivity contribution in [1.29, 1.82) is 0 Å². The van der Waals surface area contributed by atoms with Gasteiger partial charge in [0.2, 0.25) is 5.91 Å². The molecule has 0 radical (unpaired) electrons. The summed E-state index contributed by atoms with van der Waals surface area (Å²) in [6.07, 6.45) is 95.6. The first-order chi connectivity index (χ1) is 43.0. The molecule has 3 unspecified atom stereocenters. The third-order valence-corrected chi connectivity index (χ3v) is 19.0. The van der Waals surface area contributed by atoms with E-state index in [0.717, 1.165) is 44.9 Å². The molecule has 0 rings (SSSR count). The minimum Gasteiger partial charge on any atom is -0.756 e. The van der Waals surface area contributed by atoms with Gasteiger partial charge in [-0.25, -0.2) is 0 Å². The van der Waals surface area contributed by atoms with E-state index < -0.39 is 20.0 Å². The van der Waals surface area contributed by atoms with Crippen LogP contribution in [0.15, 0.2) is 48.6 Å². The number of quaternary nitrogens is 1. The molecule has 9 heteroatoms. The molecule has 0 spiro atoms. The van der Waals surface area contributed by atoms with Crippen LogP contribution in [-0.2, 0) is 18.4 Å². The van der Waals surface area contributed by atoms with Crippen LogP contribution in [0.3, 0.4) is 0 Å². The number of rotatable bonds is 73. The lowest BCUT2D eigenvalue weighted by molar-refractivity contribution is -0.870. The molecular formula is C79H153N2O6P. The number of carbonyl (C=O) groups excluding carboxylic acids is 1. The minimum absolute atomic E-state index is 0.00481. The minimum atomic E-state index is -4.61. The number of nitrogens with zero attached hydrogens (tertiary/aromatic N) is 1. The van der Waals surface area contributed by atoms with Gasteiger partial charge in [-0.1, -0.05) is 377 Å². The summed E-state index contributed by atoms with van der Waals surface area (Å²) in [5, 5.41) is 14.0. The first-order valence-electron chi connectivity index (χ1n) is 39.0. The lowest BCUT2D eigenvalue weighted by atomic mass is 10.0. The van der Waals surface area contributed by atoms with E-state index in [1.807, 2.05) is 27.2 Å². The SMILES string of the molecule is CCCCCCC/C=C\C/C=C\CCCCCCCCCCCCCCCCCCCCCCCCCC(=O)NC(COP(=O)([O-])OCC[N+](C)(C)C)C(O)/C=C/CC/C=C/CCCCCCCCCCCCCCCCCCCCCCCCCCC. The number of allylic oxidation sites excluding steroid dienone is 7. The second-order valence-electron chi connectivity index (χ2n) is 28.1. The molecule has 1 amide bonds. The third-order valence-electron chi connectivity index (χ3n) is 18.0. The van der Waals surface area contributed by atoms with Crippen LogP contribution in [0.4, 0.5) is 0 Å². The Labute approximate surface area is 549 Å². The number of nitrogens with one attached hydrogen (secondary N) is 1. The zero-order valence-electron chi connectivity index (χ0n) is 59.7. The Hall–Kier alpha value is -1.54. The molecular weight excluding hydrogens is 1100 g/mol. The highest BCUT2D eigenvalue weighted by molar-refractivity contribution is 7.45. The second-order valence-corrected chi connectivity index (χ2v) is 29.5. The van der Waals surface area contributed by atoms with Crippen LogP contribution >= 0.6 is 7.82 Å². The first-order valence-corrected chi connectivity index (χ1v) is 40.5. The van der Waals surface area contributed by atoms with Crippen LogP contribution in [0.25, 0.3) is 0 Å². The van der Waals surface area contributed by atoms with Crippen molar-refractivity contribution >= 4 is 13.7 Å². The van der Waals surface area contributed by atoms with Gasteiger partial charge in [0, 0.05) is 6.42 Å². The van der Waals surface area contributed by atoms with Crippen molar-refractivity contribution in [2.24, 2.45) is 0 Å². The predicted molar refractivity (Wildman–Crippen MR) is 385 cm³/mol. The Morgan fingerprint density at radius 1 is 0.398 bits per heavy atom. The third kappa shape index (κ3) is 71.9. The maximum absolute atomic E-state index is 13.1. The molecule has 0 aliphatic heterocycles. The Morgan fingerprint density at radius 2 is 0.670 bits per heavy atom. The predicted octanol–water partition coefficient (Wildman–Crippen LogP) is 24.7. The molecule has 520 valence electrons. The monoisotopic (exact) mass is 1260 g/mol. The highest BCUT2D eigenvalue weighted by atomic mass is 31.2. The van der Waals surface area contributed by atoms with Crippen LogP contribution in [0.1, 0.15) is 399 Å². The highest BCUT2D eigenvalue weighted by Crippen LogP contribution is 2.38. The van der Waals surface area contributed by atoms with Crippen LogP contribution in [0.2, 0.25) is 0 Å².